The Morgan fingerprint density at radius 3 is 2.61 bits per heavy atom. The van der Waals surface area contributed by atoms with E-state index in [-0.39, 0.29) is 0 Å². The molecule has 1 heterocycles. The van der Waals surface area contributed by atoms with Crippen LogP contribution < -0.4 is 5.32 Å². The van der Waals surface area contributed by atoms with Crippen molar-refractivity contribution >= 4 is 29.1 Å². The molecule has 0 aliphatic heterocycles. The third-order valence-corrected chi connectivity index (χ3v) is 4.32. The molecule has 118 valence electrons. The lowest BCUT2D eigenvalue weighted by molar-refractivity contribution is 0.842. The van der Waals surface area contributed by atoms with E-state index in [0.717, 1.165) is 22.4 Å². The van der Waals surface area contributed by atoms with Crippen LogP contribution in [0.3, 0.4) is 0 Å². The highest BCUT2D eigenvalue weighted by atomic mass is 35.5. The third kappa shape index (κ3) is 3.68. The van der Waals surface area contributed by atoms with Gasteiger partial charge in [-0.1, -0.05) is 47.1 Å². The number of benzene rings is 2. The van der Waals surface area contributed by atoms with E-state index in [9.17, 15) is 0 Å². The van der Waals surface area contributed by atoms with Gasteiger partial charge in [0.1, 0.15) is 0 Å². The van der Waals surface area contributed by atoms with Crippen LogP contribution in [0.4, 0.5) is 5.69 Å². The molecule has 0 bridgehead atoms. The summed E-state index contributed by atoms with van der Waals surface area (Å²) in [7, 11) is 0. The van der Waals surface area contributed by atoms with E-state index >= 15 is 0 Å². The molecule has 6 heteroatoms. The van der Waals surface area contributed by atoms with Gasteiger partial charge >= 0.3 is 0 Å². The quantitative estimate of drug-likeness (QED) is 0.689. The highest BCUT2D eigenvalue weighted by molar-refractivity contribution is 7.98. The molecule has 0 fully saturated rings. The average molecular weight is 345 g/mol. The monoisotopic (exact) mass is 344 g/mol. The maximum absolute atomic E-state index is 6.12. The molecule has 1 N–H and O–H groups in total. The van der Waals surface area contributed by atoms with E-state index < -0.39 is 0 Å². The minimum atomic E-state index is 0.586. The van der Waals surface area contributed by atoms with Crippen molar-refractivity contribution < 1.29 is 0 Å². The molecule has 0 aliphatic rings. The lowest BCUT2D eigenvalue weighted by Gasteiger charge is -2.11. The Labute approximate surface area is 144 Å². The molecule has 0 amide bonds. The summed E-state index contributed by atoms with van der Waals surface area (Å²) in [6.45, 7) is 2.66. The van der Waals surface area contributed by atoms with Crippen LogP contribution in [0.1, 0.15) is 11.4 Å². The molecule has 0 spiro atoms. The van der Waals surface area contributed by atoms with Gasteiger partial charge in [-0.25, -0.2) is 0 Å². The van der Waals surface area contributed by atoms with E-state index in [0.29, 0.717) is 11.6 Å². The number of nitrogens with zero attached hydrogens (tertiary/aromatic N) is 3. The smallest absolute Gasteiger partial charge is 0.195 e. The van der Waals surface area contributed by atoms with E-state index in [4.69, 9.17) is 11.6 Å². The summed E-state index contributed by atoms with van der Waals surface area (Å²) in [5.41, 5.74) is 3.26. The molecule has 2 aromatic carbocycles. The number of rotatable bonds is 5. The van der Waals surface area contributed by atoms with Crippen molar-refractivity contribution in [1.82, 2.24) is 14.8 Å². The van der Waals surface area contributed by atoms with Gasteiger partial charge in [-0.2, -0.15) is 0 Å². The van der Waals surface area contributed by atoms with Crippen LogP contribution in [0, 0.1) is 6.92 Å². The molecule has 3 rings (SSSR count). The Kier molecular flexibility index (Phi) is 4.88. The number of hydrogen-bond donors (Lipinski definition) is 1. The van der Waals surface area contributed by atoms with Crippen molar-refractivity contribution in [1.29, 1.82) is 0 Å². The standard InChI is InChI=1S/C17H17ClN4S/c1-12-6-8-14(9-7-12)19-11-16-20-21-17(23-2)22(16)15-5-3-4-13(18)10-15/h3-10,19H,11H2,1-2H3. The maximum Gasteiger partial charge on any atom is 0.195 e. The van der Waals surface area contributed by atoms with Crippen LogP contribution >= 0.6 is 23.4 Å². The number of aryl methyl sites for hydroxylation is 1. The Morgan fingerprint density at radius 1 is 1.13 bits per heavy atom. The van der Waals surface area contributed by atoms with Crippen molar-refractivity contribution in [2.45, 2.75) is 18.6 Å². The summed E-state index contributed by atoms with van der Waals surface area (Å²) in [6, 6.07) is 16.0. The molecule has 1 aromatic heterocycles. The highest BCUT2D eigenvalue weighted by Crippen LogP contribution is 2.23. The fourth-order valence-corrected chi connectivity index (χ4v) is 2.97. The van der Waals surface area contributed by atoms with Gasteiger partial charge in [0.2, 0.25) is 0 Å². The predicted octanol–water partition coefficient (Wildman–Crippen LogP) is 4.56. The first-order chi connectivity index (χ1) is 11.2. The number of hydrogen-bond acceptors (Lipinski definition) is 4. The second-order valence-electron chi connectivity index (χ2n) is 5.14. The van der Waals surface area contributed by atoms with Crippen molar-refractivity contribution in [3.63, 3.8) is 0 Å². The van der Waals surface area contributed by atoms with Crippen LogP contribution in [-0.2, 0) is 6.54 Å². The maximum atomic E-state index is 6.12. The number of aromatic nitrogens is 3. The van der Waals surface area contributed by atoms with Crippen LogP contribution in [0.5, 0.6) is 0 Å². The number of thioether (sulfide) groups is 1. The van der Waals surface area contributed by atoms with Gasteiger partial charge in [-0.3, -0.25) is 4.57 Å². The summed E-state index contributed by atoms with van der Waals surface area (Å²) in [4.78, 5) is 0. The molecule has 0 atom stereocenters. The average Bonchev–Trinajstić information content (AvgIpc) is 2.97. The first-order valence-corrected chi connectivity index (χ1v) is 8.82. The van der Waals surface area contributed by atoms with Crippen LogP contribution in [0.2, 0.25) is 5.02 Å². The third-order valence-electron chi connectivity index (χ3n) is 3.45. The van der Waals surface area contributed by atoms with Gasteiger partial charge in [-0.05, 0) is 43.5 Å². The zero-order valence-corrected chi connectivity index (χ0v) is 14.5. The van der Waals surface area contributed by atoms with E-state index in [1.54, 1.807) is 11.8 Å². The fourth-order valence-electron chi connectivity index (χ4n) is 2.27. The molecular weight excluding hydrogens is 328 g/mol. The molecular formula is C17H17ClN4S. The predicted molar refractivity (Wildman–Crippen MR) is 96.7 cm³/mol. The van der Waals surface area contributed by atoms with Gasteiger partial charge in [-0.15, -0.1) is 10.2 Å². The molecule has 0 saturated carbocycles. The second kappa shape index (κ2) is 7.06. The summed E-state index contributed by atoms with van der Waals surface area (Å²) < 4.78 is 2.03. The summed E-state index contributed by atoms with van der Waals surface area (Å²) in [6.07, 6.45) is 1.99. The molecule has 23 heavy (non-hydrogen) atoms. The molecule has 0 radical (unpaired) electrons. The number of anilines is 1. The lowest BCUT2D eigenvalue weighted by Crippen LogP contribution is -2.08. The molecule has 4 nitrogen and oxygen atoms in total. The van der Waals surface area contributed by atoms with Gasteiger partial charge in [0.25, 0.3) is 0 Å². The lowest BCUT2D eigenvalue weighted by atomic mass is 10.2. The topological polar surface area (TPSA) is 42.7 Å². The largest absolute Gasteiger partial charge is 0.378 e. The van der Waals surface area contributed by atoms with Gasteiger partial charge in [0.05, 0.1) is 12.2 Å². The van der Waals surface area contributed by atoms with Crippen molar-refractivity contribution in [2.24, 2.45) is 0 Å². The fraction of sp³-hybridized carbons (Fsp3) is 0.176. The van der Waals surface area contributed by atoms with Crippen LogP contribution in [0.25, 0.3) is 5.69 Å². The Balaban J connectivity index is 1.88. The Morgan fingerprint density at radius 2 is 1.91 bits per heavy atom. The van der Waals surface area contributed by atoms with Crippen molar-refractivity contribution in [2.75, 3.05) is 11.6 Å². The van der Waals surface area contributed by atoms with Gasteiger partial charge in [0, 0.05) is 10.7 Å². The number of nitrogens with one attached hydrogen (secondary N) is 1. The van der Waals surface area contributed by atoms with Gasteiger partial charge < -0.3 is 5.32 Å². The van der Waals surface area contributed by atoms with Crippen molar-refractivity contribution in [3.8, 4) is 5.69 Å². The minimum Gasteiger partial charge on any atom is -0.378 e. The zero-order chi connectivity index (χ0) is 16.2. The van der Waals surface area contributed by atoms with Crippen molar-refractivity contribution in [3.05, 3.63) is 64.9 Å². The highest BCUT2D eigenvalue weighted by Gasteiger charge is 2.13. The zero-order valence-electron chi connectivity index (χ0n) is 13.0. The summed E-state index contributed by atoms with van der Waals surface area (Å²) >= 11 is 7.68. The van der Waals surface area contributed by atoms with Crippen LogP contribution in [-0.4, -0.2) is 21.0 Å². The Bertz CT molecular complexity index is 799. The normalized spacial score (nSPS) is 10.7. The summed E-state index contributed by atoms with van der Waals surface area (Å²) in [5, 5.41) is 13.5. The summed E-state index contributed by atoms with van der Waals surface area (Å²) in [5.74, 6) is 0.845. The second-order valence-corrected chi connectivity index (χ2v) is 6.35. The molecule has 0 aliphatic carbocycles. The van der Waals surface area contributed by atoms with Crippen LogP contribution in [0.15, 0.2) is 53.7 Å². The van der Waals surface area contributed by atoms with E-state index in [1.807, 2.05) is 35.1 Å². The van der Waals surface area contributed by atoms with E-state index in [2.05, 4.69) is 46.7 Å². The first-order valence-electron chi connectivity index (χ1n) is 7.22. The molecule has 0 unspecified atom stereocenters. The Hall–Kier alpha value is -1.98. The minimum absolute atomic E-state index is 0.586. The SMILES string of the molecule is CSc1nnc(CNc2ccc(C)cc2)n1-c1cccc(Cl)c1. The first kappa shape index (κ1) is 15.9. The number of halogens is 1. The van der Waals surface area contributed by atoms with E-state index in [1.165, 1.54) is 5.56 Å². The molecule has 0 saturated heterocycles. The molecule has 3 aromatic rings. The van der Waals surface area contributed by atoms with Gasteiger partial charge in [0.15, 0.2) is 11.0 Å².